The molecular weight excluding hydrogens is 396 g/mol. The topological polar surface area (TPSA) is 69.3 Å². The Morgan fingerprint density at radius 3 is 3.03 bits per heavy atom. The second-order valence-electron chi connectivity index (χ2n) is 9.47. The largest absolute Gasteiger partial charge is 0.331 e. The van der Waals surface area contributed by atoms with Crippen LogP contribution in [-0.4, -0.2) is 57.4 Å². The van der Waals surface area contributed by atoms with Crippen molar-refractivity contribution in [1.29, 1.82) is 0 Å². The van der Waals surface area contributed by atoms with E-state index in [1.54, 1.807) is 0 Å². The third kappa shape index (κ3) is 2.74. The number of aryl methyl sites for hydroxylation is 1. The maximum atomic E-state index is 13.8. The molecule has 4 aliphatic rings. The highest BCUT2D eigenvalue weighted by atomic mass is 32.1. The Morgan fingerprint density at radius 1 is 1.27 bits per heavy atom. The summed E-state index contributed by atoms with van der Waals surface area (Å²) in [4.78, 5) is 39.2. The summed E-state index contributed by atoms with van der Waals surface area (Å²) >= 11 is 1.37. The number of nitrogens with zero attached hydrogens (tertiary/aromatic N) is 3. The summed E-state index contributed by atoms with van der Waals surface area (Å²) in [6.07, 6.45) is 11.3. The molecule has 2 bridgehead atoms. The van der Waals surface area contributed by atoms with E-state index in [4.69, 9.17) is 0 Å². The van der Waals surface area contributed by atoms with E-state index in [-0.39, 0.29) is 17.5 Å². The van der Waals surface area contributed by atoms with Crippen LogP contribution in [0.2, 0.25) is 0 Å². The highest BCUT2D eigenvalue weighted by Gasteiger charge is 2.47. The number of aromatic amines is 1. The molecule has 3 fully saturated rings. The van der Waals surface area contributed by atoms with E-state index >= 15 is 0 Å². The fraction of sp³-hybridized carbons (Fsp3) is 0.609. The highest BCUT2D eigenvalue weighted by Crippen LogP contribution is 2.45. The zero-order chi connectivity index (χ0) is 20.4. The predicted octanol–water partition coefficient (Wildman–Crippen LogP) is 3.33. The van der Waals surface area contributed by atoms with Crippen molar-refractivity contribution in [2.24, 2.45) is 11.8 Å². The van der Waals surface area contributed by atoms with Crippen molar-refractivity contribution < 1.29 is 4.79 Å². The average Bonchev–Trinajstić information content (AvgIpc) is 3.10. The molecule has 6 rings (SSSR count). The number of amides is 1. The molecule has 0 spiro atoms. The Bertz CT molecular complexity index is 1100. The maximum absolute atomic E-state index is 13.8. The number of hydrogen-bond donors (Lipinski definition) is 1. The van der Waals surface area contributed by atoms with Gasteiger partial charge in [0.05, 0.1) is 22.6 Å². The Balaban J connectivity index is 1.37. The summed E-state index contributed by atoms with van der Waals surface area (Å²) in [7, 11) is 0. The molecule has 1 N–H and O–H groups in total. The van der Waals surface area contributed by atoms with E-state index in [9.17, 15) is 9.59 Å². The van der Waals surface area contributed by atoms with Gasteiger partial charge in [-0.2, -0.15) is 0 Å². The van der Waals surface area contributed by atoms with Crippen LogP contribution in [-0.2, 0) is 0 Å². The quantitative estimate of drug-likeness (QED) is 0.713. The van der Waals surface area contributed by atoms with Crippen LogP contribution in [0.5, 0.6) is 0 Å². The first kappa shape index (κ1) is 18.8. The number of carbonyl (C=O) groups is 1. The van der Waals surface area contributed by atoms with Crippen molar-refractivity contribution in [3.8, 4) is 0 Å². The number of aromatic nitrogens is 2. The molecule has 3 saturated heterocycles. The molecule has 4 atom stereocenters. The first-order valence-corrected chi connectivity index (χ1v) is 12.2. The minimum Gasteiger partial charge on any atom is -0.331 e. The van der Waals surface area contributed by atoms with Gasteiger partial charge in [0.15, 0.2) is 0 Å². The van der Waals surface area contributed by atoms with Gasteiger partial charge in [0.1, 0.15) is 4.83 Å². The third-order valence-electron chi connectivity index (χ3n) is 7.85. The van der Waals surface area contributed by atoms with Crippen LogP contribution in [0.1, 0.15) is 53.8 Å². The lowest BCUT2D eigenvalue weighted by atomic mass is 9.68. The van der Waals surface area contributed by atoms with Crippen LogP contribution in [0, 0.1) is 18.8 Å². The molecule has 2 aromatic rings. The molecule has 3 aliphatic heterocycles. The summed E-state index contributed by atoms with van der Waals surface area (Å²) in [6, 6.07) is 0.943. The molecule has 0 unspecified atom stereocenters. The number of piperidine rings is 3. The number of hydrogen-bond acceptors (Lipinski definition) is 5. The number of rotatable bonds is 1. The SMILES string of the molecule is Cc1c(C(=O)N2CCCC3=C[C@H]4C[C@H](CN5CCCC[C@H]45)[C@H]32)sc2nc[nH]c(=O)c12. The summed E-state index contributed by atoms with van der Waals surface area (Å²) in [6.45, 7) is 5.04. The number of nitrogens with one attached hydrogen (secondary N) is 1. The van der Waals surface area contributed by atoms with E-state index in [1.165, 1.54) is 55.5 Å². The van der Waals surface area contributed by atoms with Gasteiger partial charge in [-0.05, 0) is 63.0 Å². The Kier molecular flexibility index (Phi) is 4.39. The van der Waals surface area contributed by atoms with Crippen LogP contribution >= 0.6 is 11.3 Å². The lowest BCUT2D eigenvalue weighted by Crippen LogP contribution is -2.60. The molecule has 158 valence electrons. The minimum atomic E-state index is -0.157. The van der Waals surface area contributed by atoms with Crippen LogP contribution in [0.15, 0.2) is 22.8 Å². The zero-order valence-electron chi connectivity index (χ0n) is 17.4. The van der Waals surface area contributed by atoms with E-state index in [0.717, 1.165) is 37.5 Å². The summed E-state index contributed by atoms with van der Waals surface area (Å²) in [5.74, 6) is 1.29. The second kappa shape index (κ2) is 7.02. The molecule has 6 nitrogen and oxygen atoms in total. The van der Waals surface area contributed by atoms with Crippen molar-refractivity contribution >= 4 is 27.5 Å². The van der Waals surface area contributed by atoms with Crippen molar-refractivity contribution in [3.05, 3.63) is 38.8 Å². The smallest absolute Gasteiger partial charge is 0.264 e. The number of carbonyl (C=O) groups excluding carboxylic acids is 1. The molecular formula is C23H28N4O2S. The van der Waals surface area contributed by atoms with E-state index in [0.29, 0.717) is 26.9 Å². The molecule has 1 amide bonds. The van der Waals surface area contributed by atoms with Crippen LogP contribution in [0.3, 0.4) is 0 Å². The van der Waals surface area contributed by atoms with E-state index in [2.05, 4.69) is 25.8 Å². The standard InChI is InChI=1S/C23H28N4O2S/c1-13-18-21(28)24-12-25-22(18)30-20(13)23(29)27-8-4-5-14-9-15-10-16(19(14)27)11-26-7-3-2-6-17(15)26/h9,12,15-17,19H,2-8,10-11H2,1H3,(H,24,25,28)/t15-,16+,17+,19-/m0/s1. The van der Waals surface area contributed by atoms with Gasteiger partial charge in [-0.25, -0.2) is 4.98 Å². The Labute approximate surface area is 180 Å². The fourth-order valence-electron chi connectivity index (χ4n) is 6.61. The number of H-pyrrole nitrogens is 1. The molecule has 30 heavy (non-hydrogen) atoms. The molecule has 7 heteroatoms. The second-order valence-corrected chi connectivity index (χ2v) is 10.5. The van der Waals surface area contributed by atoms with Gasteiger partial charge in [-0.15, -0.1) is 11.3 Å². The molecule has 0 saturated carbocycles. The van der Waals surface area contributed by atoms with Crippen molar-refractivity contribution in [3.63, 3.8) is 0 Å². The molecule has 0 radical (unpaired) electrons. The van der Waals surface area contributed by atoms with Crippen molar-refractivity contribution in [2.45, 2.75) is 57.5 Å². The Morgan fingerprint density at radius 2 is 2.17 bits per heavy atom. The zero-order valence-corrected chi connectivity index (χ0v) is 18.2. The monoisotopic (exact) mass is 424 g/mol. The van der Waals surface area contributed by atoms with Gasteiger partial charge >= 0.3 is 0 Å². The summed E-state index contributed by atoms with van der Waals surface area (Å²) < 4.78 is 0. The molecule has 5 heterocycles. The normalized spacial score (nSPS) is 31.2. The summed E-state index contributed by atoms with van der Waals surface area (Å²) in [5.41, 5.74) is 2.12. The first-order chi connectivity index (χ1) is 14.6. The Hall–Kier alpha value is -1.99. The van der Waals surface area contributed by atoms with E-state index in [1.807, 2.05) is 6.92 Å². The molecule has 0 aromatic carbocycles. The maximum Gasteiger partial charge on any atom is 0.264 e. The molecule has 2 aromatic heterocycles. The van der Waals surface area contributed by atoms with Crippen molar-refractivity contribution in [2.75, 3.05) is 19.6 Å². The lowest BCUT2D eigenvalue weighted by molar-refractivity contribution is 0.00160. The number of fused-ring (bicyclic) bond motifs is 7. The van der Waals surface area contributed by atoms with Crippen molar-refractivity contribution in [1.82, 2.24) is 19.8 Å². The van der Waals surface area contributed by atoms with Gasteiger partial charge in [-0.3, -0.25) is 14.5 Å². The van der Waals surface area contributed by atoms with Gasteiger partial charge in [0.25, 0.3) is 11.5 Å². The predicted molar refractivity (Wildman–Crippen MR) is 118 cm³/mol. The minimum absolute atomic E-state index is 0.0877. The summed E-state index contributed by atoms with van der Waals surface area (Å²) in [5, 5.41) is 0.566. The van der Waals surface area contributed by atoms with Crippen LogP contribution < -0.4 is 5.56 Å². The molecule has 1 aliphatic carbocycles. The van der Waals surface area contributed by atoms with Gasteiger partial charge in [0, 0.05) is 19.1 Å². The van der Waals surface area contributed by atoms with Gasteiger partial charge in [-0.1, -0.05) is 18.1 Å². The number of thiophene rings is 1. The van der Waals surface area contributed by atoms with E-state index < -0.39 is 0 Å². The fourth-order valence-corrected chi connectivity index (χ4v) is 7.72. The highest BCUT2D eigenvalue weighted by molar-refractivity contribution is 7.20. The van der Waals surface area contributed by atoms with Crippen LogP contribution in [0.4, 0.5) is 0 Å². The van der Waals surface area contributed by atoms with Crippen LogP contribution in [0.25, 0.3) is 10.2 Å². The number of likely N-dealkylation sites (tertiary alicyclic amines) is 1. The first-order valence-electron chi connectivity index (χ1n) is 11.3. The van der Waals surface area contributed by atoms with Gasteiger partial charge < -0.3 is 9.88 Å². The average molecular weight is 425 g/mol. The van der Waals surface area contributed by atoms with Gasteiger partial charge in [0.2, 0.25) is 0 Å². The third-order valence-corrected chi connectivity index (χ3v) is 9.03. The lowest BCUT2D eigenvalue weighted by Gasteiger charge is -2.54.